The second kappa shape index (κ2) is 6.71. The highest BCUT2D eigenvalue weighted by atomic mass is 35.5. The zero-order valence-electron chi connectivity index (χ0n) is 13.6. The maximum Gasteiger partial charge on any atom is 0.229 e. The van der Waals surface area contributed by atoms with Crippen molar-refractivity contribution in [2.24, 2.45) is 0 Å². The number of hydrogen-bond donors (Lipinski definition) is 1. The predicted octanol–water partition coefficient (Wildman–Crippen LogP) is 4.59. The van der Waals surface area contributed by atoms with Gasteiger partial charge in [-0.3, -0.25) is 4.98 Å². The van der Waals surface area contributed by atoms with E-state index in [1.165, 1.54) is 0 Å². The number of epoxide rings is 1. The zero-order chi connectivity index (χ0) is 18.1. The first-order valence-electron chi connectivity index (χ1n) is 7.91. The summed E-state index contributed by atoms with van der Waals surface area (Å²) < 4.78 is 16.8. The molecule has 3 aromatic rings. The number of nitrogen functional groups attached to an aromatic ring is 1. The fraction of sp³-hybridized carbons (Fsp3) is 0.158. The van der Waals surface area contributed by atoms with Crippen molar-refractivity contribution >= 4 is 33.9 Å². The van der Waals surface area contributed by atoms with E-state index in [1.807, 2.05) is 0 Å². The van der Waals surface area contributed by atoms with E-state index in [1.54, 1.807) is 42.6 Å². The molecule has 130 valence electrons. The molecule has 2 N–H and O–H groups in total. The van der Waals surface area contributed by atoms with Gasteiger partial charge in [0.25, 0.3) is 0 Å². The molecule has 0 unspecified atom stereocenters. The normalized spacial score (nSPS) is 15.5. The molecule has 0 radical (unpaired) electrons. The number of ether oxygens (including phenoxy) is 3. The largest absolute Gasteiger partial charge is 0.502 e. The highest BCUT2D eigenvalue weighted by molar-refractivity contribution is 6.33. The Balaban J connectivity index is 1.70. The van der Waals surface area contributed by atoms with Gasteiger partial charge >= 0.3 is 0 Å². The summed E-state index contributed by atoms with van der Waals surface area (Å²) in [5.74, 6) is 1.60. The van der Waals surface area contributed by atoms with Crippen molar-refractivity contribution in [3.8, 4) is 17.2 Å². The molecule has 1 saturated heterocycles. The molecule has 0 bridgehead atoms. The van der Waals surface area contributed by atoms with Crippen LogP contribution in [0.5, 0.6) is 17.2 Å². The minimum atomic E-state index is 0.113. The Morgan fingerprint density at radius 2 is 2.12 bits per heavy atom. The van der Waals surface area contributed by atoms with Crippen molar-refractivity contribution in [1.29, 1.82) is 0 Å². The van der Waals surface area contributed by atoms with Crippen LogP contribution in [0.4, 0.5) is 11.4 Å². The number of pyridine rings is 1. The van der Waals surface area contributed by atoms with Crippen LogP contribution in [0, 0.1) is 6.57 Å². The maximum atomic E-state index is 7.43. The molecule has 26 heavy (non-hydrogen) atoms. The van der Waals surface area contributed by atoms with E-state index in [4.69, 9.17) is 38.1 Å². The summed E-state index contributed by atoms with van der Waals surface area (Å²) in [7, 11) is 0. The van der Waals surface area contributed by atoms with Crippen molar-refractivity contribution in [3.63, 3.8) is 0 Å². The second-order valence-corrected chi connectivity index (χ2v) is 6.22. The minimum absolute atomic E-state index is 0.113. The Labute approximate surface area is 154 Å². The van der Waals surface area contributed by atoms with Crippen LogP contribution in [-0.4, -0.2) is 24.3 Å². The van der Waals surface area contributed by atoms with Gasteiger partial charge in [-0.05, 0) is 30.3 Å². The monoisotopic (exact) mass is 367 g/mol. The van der Waals surface area contributed by atoms with Crippen molar-refractivity contribution < 1.29 is 14.2 Å². The van der Waals surface area contributed by atoms with Gasteiger partial charge in [0.05, 0.1) is 29.4 Å². The summed E-state index contributed by atoms with van der Waals surface area (Å²) in [6.45, 7) is 8.55. The van der Waals surface area contributed by atoms with Crippen molar-refractivity contribution in [1.82, 2.24) is 4.98 Å². The van der Waals surface area contributed by atoms with Crippen LogP contribution in [0.1, 0.15) is 0 Å². The first-order valence-corrected chi connectivity index (χ1v) is 8.29. The summed E-state index contributed by atoms with van der Waals surface area (Å²) in [6.07, 6.45) is 1.75. The molecular weight excluding hydrogens is 354 g/mol. The summed E-state index contributed by atoms with van der Waals surface area (Å²) in [5, 5.41) is 1.13. The number of fused-ring (bicyclic) bond motifs is 1. The number of rotatable bonds is 5. The van der Waals surface area contributed by atoms with Crippen LogP contribution in [0.2, 0.25) is 5.02 Å². The fourth-order valence-corrected chi connectivity index (χ4v) is 2.64. The molecule has 2 heterocycles. The third-order valence-corrected chi connectivity index (χ3v) is 4.26. The molecule has 0 spiro atoms. The van der Waals surface area contributed by atoms with Gasteiger partial charge in [-0.25, -0.2) is 4.85 Å². The molecule has 1 atom stereocenters. The van der Waals surface area contributed by atoms with Gasteiger partial charge in [0.1, 0.15) is 30.0 Å². The average Bonchev–Trinajstić information content (AvgIpc) is 3.47. The summed E-state index contributed by atoms with van der Waals surface area (Å²) in [5.41, 5.74) is 7.27. The molecular formula is C19H14ClN3O3. The predicted molar refractivity (Wildman–Crippen MR) is 99.2 cm³/mol. The van der Waals surface area contributed by atoms with Crippen LogP contribution in [-0.2, 0) is 4.74 Å². The van der Waals surface area contributed by atoms with Crippen LogP contribution < -0.4 is 15.2 Å². The Bertz CT molecular complexity index is 1030. The smallest absolute Gasteiger partial charge is 0.229 e. The SMILES string of the molecule is [C-]#[N+]c1cc2c(Oc3ccc(N)c(Cl)c3)ccnc2cc1OC[C@H]1CO1. The molecule has 2 aromatic carbocycles. The molecule has 6 nitrogen and oxygen atoms in total. The molecule has 0 aliphatic carbocycles. The maximum absolute atomic E-state index is 7.43. The lowest BCUT2D eigenvalue weighted by atomic mass is 10.1. The Morgan fingerprint density at radius 1 is 1.27 bits per heavy atom. The van der Waals surface area contributed by atoms with Gasteiger partial charge in [0.2, 0.25) is 5.69 Å². The van der Waals surface area contributed by atoms with Crippen LogP contribution in [0.15, 0.2) is 42.6 Å². The number of nitrogens with zero attached hydrogens (tertiary/aromatic N) is 2. The molecule has 1 aliphatic heterocycles. The average molecular weight is 368 g/mol. The van der Waals surface area contributed by atoms with Crippen molar-refractivity contribution in [3.05, 3.63) is 59.0 Å². The van der Waals surface area contributed by atoms with E-state index in [2.05, 4.69) is 9.83 Å². The van der Waals surface area contributed by atoms with Crippen molar-refractivity contribution in [2.75, 3.05) is 18.9 Å². The van der Waals surface area contributed by atoms with Gasteiger partial charge in [0.15, 0.2) is 0 Å². The third kappa shape index (κ3) is 3.36. The fourth-order valence-electron chi connectivity index (χ4n) is 2.47. The standard InChI is InChI=1S/C19H14ClN3O3/c1-22-17-7-13-16(8-19(17)25-10-12-9-24-12)23-5-4-18(13)26-11-2-3-15(21)14(20)6-11/h2-8,12H,9-10,21H2/t12-/m1/s1. The zero-order valence-corrected chi connectivity index (χ0v) is 14.4. The van der Waals surface area contributed by atoms with E-state index in [9.17, 15) is 0 Å². The molecule has 7 heteroatoms. The number of hydrogen-bond acceptors (Lipinski definition) is 5. The van der Waals surface area contributed by atoms with E-state index < -0.39 is 0 Å². The third-order valence-electron chi connectivity index (χ3n) is 3.93. The number of benzene rings is 2. The number of nitrogens with two attached hydrogens (primary N) is 1. The van der Waals surface area contributed by atoms with Gasteiger partial charge in [0, 0.05) is 17.6 Å². The van der Waals surface area contributed by atoms with E-state index in [0.717, 1.165) is 0 Å². The highest BCUT2D eigenvalue weighted by Gasteiger charge is 2.24. The second-order valence-electron chi connectivity index (χ2n) is 5.81. The first-order chi connectivity index (χ1) is 12.6. The van der Waals surface area contributed by atoms with E-state index >= 15 is 0 Å². The summed E-state index contributed by atoms with van der Waals surface area (Å²) >= 11 is 6.05. The number of aromatic nitrogens is 1. The van der Waals surface area contributed by atoms with E-state index in [0.29, 0.717) is 57.8 Å². The van der Waals surface area contributed by atoms with Crippen LogP contribution in [0.25, 0.3) is 15.7 Å². The van der Waals surface area contributed by atoms with Crippen LogP contribution in [0.3, 0.4) is 0 Å². The van der Waals surface area contributed by atoms with Gasteiger partial charge in [-0.1, -0.05) is 11.6 Å². The summed E-state index contributed by atoms with van der Waals surface area (Å²) in [4.78, 5) is 7.91. The number of anilines is 1. The number of halogens is 1. The highest BCUT2D eigenvalue weighted by Crippen LogP contribution is 2.38. The topological polar surface area (TPSA) is 74.3 Å². The lowest BCUT2D eigenvalue weighted by Crippen LogP contribution is -2.04. The molecule has 0 saturated carbocycles. The van der Waals surface area contributed by atoms with Crippen molar-refractivity contribution in [2.45, 2.75) is 6.10 Å². The Hall–Kier alpha value is -3.01. The Kier molecular flexibility index (Phi) is 4.25. The first kappa shape index (κ1) is 16.5. The lowest BCUT2D eigenvalue weighted by Gasteiger charge is -2.12. The molecule has 0 amide bonds. The van der Waals surface area contributed by atoms with Gasteiger partial charge in [-0.2, -0.15) is 0 Å². The quantitative estimate of drug-likeness (QED) is 0.405. The summed E-state index contributed by atoms with van der Waals surface area (Å²) in [6, 6.07) is 10.2. The molecule has 1 aliphatic rings. The lowest BCUT2D eigenvalue weighted by molar-refractivity contribution is 0.264. The van der Waals surface area contributed by atoms with E-state index in [-0.39, 0.29) is 6.10 Å². The molecule has 1 aromatic heterocycles. The Morgan fingerprint density at radius 3 is 2.85 bits per heavy atom. The van der Waals surface area contributed by atoms with Gasteiger partial charge < -0.3 is 19.9 Å². The molecule has 4 rings (SSSR count). The molecule has 1 fully saturated rings. The van der Waals surface area contributed by atoms with Gasteiger partial charge in [-0.15, -0.1) is 0 Å². The minimum Gasteiger partial charge on any atom is -0.502 e. The van der Waals surface area contributed by atoms with Crippen LogP contribution >= 0.6 is 11.6 Å².